The molecule has 2 aromatic rings. The van der Waals surface area contributed by atoms with Crippen LogP contribution in [0.4, 0.5) is 8.78 Å². The van der Waals surface area contributed by atoms with Crippen molar-refractivity contribution in [2.24, 2.45) is 5.92 Å². The molecule has 0 unspecified atom stereocenters. The summed E-state index contributed by atoms with van der Waals surface area (Å²) in [5.74, 6) is -2.35. The van der Waals surface area contributed by atoms with Crippen LogP contribution in [0.5, 0.6) is 5.75 Å². The van der Waals surface area contributed by atoms with Crippen molar-refractivity contribution >= 4 is 21.4 Å². The Morgan fingerprint density at radius 2 is 1.81 bits per heavy atom. The third-order valence-electron chi connectivity index (χ3n) is 5.57. The Kier molecular flexibility index (Phi) is 4.44. The summed E-state index contributed by atoms with van der Waals surface area (Å²) < 4.78 is 60.8. The van der Waals surface area contributed by atoms with E-state index in [2.05, 4.69) is 0 Å². The molecule has 0 aliphatic carbocycles. The van der Waals surface area contributed by atoms with E-state index in [4.69, 9.17) is 16.3 Å². The number of rotatable bonds is 2. The second kappa shape index (κ2) is 6.43. The van der Waals surface area contributed by atoms with Gasteiger partial charge >= 0.3 is 0 Å². The summed E-state index contributed by atoms with van der Waals surface area (Å²) in [6.45, 7) is 0.853. The van der Waals surface area contributed by atoms with Gasteiger partial charge in [-0.3, -0.25) is 0 Å². The Bertz CT molecular complexity index is 997. The molecule has 0 N–H and O–H groups in total. The third kappa shape index (κ3) is 2.67. The van der Waals surface area contributed by atoms with E-state index < -0.39 is 32.1 Å². The molecule has 4 nitrogen and oxygen atoms in total. The van der Waals surface area contributed by atoms with Crippen LogP contribution >= 0.6 is 11.6 Å². The molecule has 0 bridgehead atoms. The van der Waals surface area contributed by atoms with Crippen molar-refractivity contribution in [1.82, 2.24) is 4.90 Å². The SMILES string of the molecule is CN1CC[C@@]2(S(=O)(=O)c3ccc(Cl)cc3)c3c(F)ccc(F)c3OC[C@H]2C1. The molecule has 0 amide bonds. The van der Waals surface area contributed by atoms with Crippen molar-refractivity contribution in [1.29, 1.82) is 0 Å². The highest BCUT2D eigenvalue weighted by Crippen LogP contribution is 2.54. The van der Waals surface area contributed by atoms with Gasteiger partial charge in [0.2, 0.25) is 0 Å². The van der Waals surface area contributed by atoms with Gasteiger partial charge in [0, 0.05) is 17.5 Å². The highest BCUT2D eigenvalue weighted by Gasteiger charge is 2.59. The van der Waals surface area contributed by atoms with Crippen molar-refractivity contribution in [3.63, 3.8) is 0 Å². The van der Waals surface area contributed by atoms with E-state index in [-0.39, 0.29) is 29.2 Å². The average molecular weight is 414 g/mol. The minimum absolute atomic E-state index is 0.00450. The van der Waals surface area contributed by atoms with Gasteiger partial charge in [0.05, 0.1) is 17.1 Å². The van der Waals surface area contributed by atoms with E-state index >= 15 is 0 Å². The van der Waals surface area contributed by atoms with E-state index in [1.54, 1.807) is 0 Å². The van der Waals surface area contributed by atoms with Gasteiger partial charge in [0.15, 0.2) is 21.4 Å². The topological polar surface area (TPSA) is 46.6 Å². The number of piperidine rings is 1. The van der Waals surface area contributed by atoms with Crippen LogP contribution in [0.2, 0.25) is 5.02 Å². The number of ether oxygens (including phenoxy) is 1. The molecule has 144 valence electrons. The molecule has 0 aromatic heterocycles. The van der Waals surface area contributed by atoms with Gasteiger partial charge in [-0.1, -0.05) is 11.6 Å². The summed E-state index contributed by atoms with van der Waals surface area (Å²) >= 11 is 5.90. The van der Waals surface area contributed by atoms with Gasteiger partial charge in [-0.15, -0.1) is 0 Å². The van der Waals surface area contributed by atoms with E-state index in [1.165, 1.54) is 24.3 Å². The molecule has 0 spiro atoms. The van der Waals surface area contributed by atoms with Crippen molar-refractivity contribution in [2.75, 3.05) is 26.7 Å². The molecular formula is C19H18ClF2NO3S. The first kappa shape index (κ1) is 18.7. The van der Waals surface area contributed by atoms with Crippen LogP contribution in [0.25, 0.3) is 0 Å². The van der Waals surface area contributed by atoms with Crippen LogP contribution in [0.15, 0.2) is 41.3 Å². The number of halogens is 3. The molecule has 2 heterocycles. The van der Waals surface area contributed by atoms with Gasteiger partial charge in [0.25, 0.3) is 0 Å². The van der Waals surface area contributed by atoms with Crippen molar-refractivity contribution in [3.8, 4) is 5.75 Å². The number of sulfone groups is 1. The smallest absolute Gasteiger partial charge is 0.188 e. The molecule has 1 saturated heterocycles. The van der Waals surface area contributed by atoms with Gasteiger partial charge in [-0.25, -0.2) is 17.2 Å². The molecule has 2 atom stereocenters. The number of hydrogen-bond donors (Lipinski definition) is 0. The largest absolute Gasteiger partial charge is 0.490 e. The molecule has 27 heavy (non-hydrogen) atoms. The van der Waals surface area contributed by atoms with Crippen molar-refractivity contribution < 1.29 is 21.9 Å². The molecule has 2 aliphatic heterocycles. The van der Waals surface area contributed by atoms with Gasteiger partial charge < -0.3 is 9.64 Å². The van der Waals surface area contributed by atoms with Crippen LogP contribution < -0.4 is 4.74 Å². The molecule has 4 rings (SSSR count). The summed E-state index contributed by atoms with van der Waals surface area (Å²) in [7, 11) is -2.18. The van der Waals surface area contributed by atoms with Crippen LogP contribution in [0, 0.1) is 17.6 Å². The Morgan fingerprint density at radius 1 is 1.15 bits per heavy atom. The first-order valence-corrected chi connectivity index (χ1v) is 10.4. The van der Waals surface area contributed by atoms with Crippen molar-refractivity contribution in [3.05, 3.63) is 58.6 Å². The molecule has 0 saturated carbocycles. The van der Waals surface area contributed by atoms with Gasteiger partial charge in [-0.05, 0) is 56.4 Å². The van der Waals surface area contributed by atoms with Crippen LogP contribution in [-0.2, 0) is 14.6 Å². The lowest BCUT2D eigenvalue weighted by molar-refractivity contribution is 0.0820. The molecule has 2 aliphatic rings. The van der Waals surface area contributed by atoms with E-state index in [0.29, 0.717) is 18.1 Å². The maximum Gasteiger partial charge on any atom is 0.188 e. The first-order valence-electron chi connectivity index (χ1n) is 8.57. The number of nitrogens with zero attached hydrogens (tertiary/aromatic N) is 1. The van der Waals surface area contributed by atoms with Crippen LogP contribution in [0.3, 0.4) is 0 Å². The lowest BCUT2D eigenvalue weighted by Crippen LogP contribution is -2.57. The fraction of sp³-hybridized carbons (Fsp3) is 0.368. The zero-order valence-electron chi connectivity index (χ0n) is 14.6. The Balaban J connectivity index is 2.02. The number of fused-ring (bicyclic) bond motifs is 3. The lowest BCUT2D eigenvalue weighted by atomic mass is 9.77. The third-order valence-corrected chi connectivity index (χ3v) is 8.42. The van der Waals surface area contributed by atoms with E-state index in [0.717, 1.165) is 12.1 Å². The maximum atomic E-state index is 14.9. The minimum Gasteiger partial charge on any atom is -0.490 e. The maximum absolute atomic E-state index is 14.9. The second-order valence-electron chi connectivity index (χ2n) is 7.10. The Labute approximate surface area is 161 Å². The summed E-state index contributed by atoms with van der Waals surface area (Å²) in [6, 6.07) is 7.72. The monoisotopic (exact) mass is 413 g/mol. The highest BCUT2D eigenvalue weighted by molar-refractivity contribution is 7.92. The number of hydrogen-bond acceptors (Lipinski definition) is 4. The molecular weight excluding hydrogens is 396 g/mol. The standard InChI is InChI=1S/C19H18ClF2NO3S/c1-23-9-8-19(27(24,25)14-4-2-13(20)3-5-14)12(10-23)11-26-18-16(22)7-6-15(21)17(18)19/h2-7,12H,8-11H2,1H3/t12-,19+/m1/s1. The van der Waals surface area contributed by atoms with E-state index in [1.807, 2.05) is 11.9 Å². The van der Waals surface area contributed by atoms with Crippen LogP contribution in [0.1, 0.15) is 12.0 Å². The number of likely N-dealkylation sites (tertiary alicyclic amines) is 1. The molecule has 8 heteroatoms. The fourth-order valence-corrected chi connectivity index (χ4v) is 6.70. The molecule has 1 fully saturated rings. The van der Waals surface area contributed by atoms with Gasteiger partial charge in [-0.2, -0.15) is 0 Å². The van der Waals surface area contributed by atoms with Gasteiger partial charge in [0.1, 0.15) is 10.6 Å². The summed E-state index contributed by atoms with van der Waals surface area (Å²) in [6.07, 6.45) is 0.149. The van der Waals surface area contributed by atoms with Crippen molar-refractivity contribution in [2.45, 2.75) is 16.1 Å². The van der Waals surface area contributed by atoms with E-state index in [9.17, 15) is 17.2 Å². The lowest BCUT2D eigenvalue weighted by Gasteiger charge is -2.49. The first-order chi connectivity index (χ1) is 12.8. The minimum atomic E-state index is -4.05. The van der Waals surface area contributed by atoms with Crippen LogP contribution in [-0.4, -0.2) is 40.1 Å². The normalized spacial score (nSPS) is 25.4. The highest BCUT2D eigenvalue weighted by atomic mass is 35.5. The Morgan fingerprint density at radius 3 is 2.52 bits per heavy atom. The second-order valence-corrected chi connectivity index (χ2v) is 9.74. The molecule has 2 aromatic carbocycles. The summed E-state index contributed by atoms with van der Waals surface area (Å²) in [4.78, 5) is 2.02. The zero-order chi connectivity index (χ0) is 19.4. The molecule has 0 radical (unpaired) electrons. The fourth-order valence-electron chi connectivity index (χ4n) is 4.26. The quantitative estimate of drug-likeness (QED) is 0.754. The number of benzene rings is 2. The predicted molar refractivity (Wildman–Crippen MR) is 97.8 cm³/mol. The summed E-state index contributed by atoms with van der Waals surface area (Å²) in [5, 5.41) is 0.399. The Hall–Kier alpha value is -1.70. The predicted octanol–water partition coefficient (Wildman–Crippen LogP) is 3.63. The average Bonchev–Trinajstić information content (AvgIpc) is 2.64. The summed E-state index contributed by atoms with van der Waals surface area (Å²) in [5.41, 5.74) is -0.193. The zero-order valence-corrected chi connectivity index (χ0v) is 16.2.